The summed E-state index contributed by atoms with van der Waals surface area (Å²) in [6, 6.07) is 12.9. The van der Waals surface area contributed by atoms with E-state index in [0.29, 0.717) is 30.4 Å². The van der Waals surface area contributed by atoms with Gasteiger partial charge in [0.25, 0.3) is 5.91 Å². The lowest BCUT2D eigenvalue weighted by molar-refractivity contribution is 0.0827. The second-order valence-electron chi connectivity index (χ2n) is 6.89. The lowest BCUT2D eigenvalue weighted by atomic mass is 10.1. The third kappa shape index (κ3) is 9.52. The number of hydrogen-bond donors (Lipinski definition) is 3. The van der Waals surface area contributed by atoms with Gasteiger partial charge in [-0.25, -0.2) is 9.38 Å². The van der Waals surface area contributed by atoms with Gasteiger partial charge in [-0.2, -0.15) is 0 Å². The van der Waals surface area contributed by atoms with Crippen LogP contribution in [0.15, 0.2) is 53.5 Å². The van der Waals surface area contributed by atoms with Crippen molar-refractivity contribution in [1.29, 1.82) is 0 Å². The zero-order chi connectivity index (χ0) is 21.9. The van der Waals surface area contributed by atoms with E-state index in [-0.39, 0.29) is 48.9 Å². The lowest BCUT2D eigenvalue weighted by Crippen LogP contribution is -2.42. The molecule has 0 spiro atoms. The molecular formula is C22H30FIN4O3. The molecule has 0 aliphatic rings. The average Bonchev–Trinajstić information content (AvgIpc) is 2.75. The molecule has 0 aromatic heterocycles. The van der Waals surface area contributed by atoms with Gasteiger partial charge in [-0.1, -0.05) is 12.1 Å². The summed E-state index contributed by atoms with van der Waals surface area (Å²) in [5.41, 5.74) is 1.59. The molecule has 0 bridgehead atoms. The van der Waals surface area contributed by atoms with E-state index in [1.54, 1.807) is 26.2 Å². The number of aliphatic hydroxyl groups excluding tert-OH is 1. The average molecular weight is 544 g/mol. The van der Waals surface area contributed by atoms with Crippen LogP contribution in [0.4, 0.5) is 4.39 Å². The van der Waals surface area contributed by atoms with Crippen LogP contribution in [-0.4, -0.2) is 61.8 Å². The number of nitrogens with one attached hydrogen (secondary N) is 2. The first kappa shape index (κ1) is 26.6. The van der Waals surface area contributed by atoms with Gasteiger partial charge < -0.3 is 25.4 Å². The molecule has 0 saturated carbocycles. The highest BCUT2D eigenvalue weighted by Gasteiger charge is 2.09. The van der Waals surface area contributed by atoms with Gasteiger partial charge in [0, 0.05) is 32.7 Å². The van der Waals surface area contributed by atoms with Crippen LogP contribution in [0.1, 0.15) is 22.8 Å². The fraction of sp³-hybridized carbons (Fsp3) is 0.364. The number of aliphatic imine (C=N–C) groups is 1. The summed E-state index contributed by atoms with van der Waals surface area (Å²) in [7, 11) is 3.43. The molecular weight excluding hydrogens is 514 g/mol. The molecule has 1 unspecified atom stereocenters. The number of hydrogen-bond acceptors (Lipinski definition) is 4. The highest BCUT2D eigenvalue weighted by molar-refractivity contribution is 14.0. The van der Waals surface area contributed by atoms with E-state index >= 15 is 0 Å². The summed E-state index contributed by atoms with van der Waals surface area (Å²) in [5, 5.41) is 16.3. The van der Waals surface area contributed by atoms with Crippen LogP contribution in [-0.2, 0) is 6.54 Å². The minimum absolute atomic E-state index is 0. The van der Waals surface area contributed by atoms with Gasteiger partial charge in [-0.3, -0.25) is 4.79 Å². The SMILES string of the molecule is CCNC(=NCc1ccc(C(=O)N(C)C)cc1)NCC(O)COc1ccc(F)cc1.I. The standard InChI is InChI=1S/C22H29FN4O3.HI/c1-4-24-22(25-13-16-5-7-17(8-6-16)21(29)27(2)3)26-14-19(28)15-30-20-11-9-18(23)10-12-20;/h5-12,19,28H,4,13-15H2,1-3H3,(H2,24,25,26);1H. The maximum absolute atomic E-state index is 12.9. The van der Waals surface area contributed by atoms with Crippen molar-refractivity contribution < 1.29 is 19.0 Å². The van der Waals surface area contributed by atoms with Gasteiger partial charge in [0.15, 0.2) is 5.96 Å². The van der Waals surface area contributed by atoms with Crippen LogP contribution < -0.4 is 15.4 Å². The third-order valence-electron chi connectivity index (χ3n) is 4.13. The number of benzene rings is 2. The van der Waals surface area contributed by atoms with Gasteiger partial charge in [0.1, 0.15) is 24.3 Å². The zero-order valence-electron chi connectivity index (χ0n) is 18.0. The summed E-state index contributed by atoms with van der Waals surface area (Å²) in [4.78, 5) is 18.0. The molecule has 9 heteroatoms. The van der Waals surface area contributed by atoms with Crippen molar-refractivity contribution in [2.75, 3.05) is 33.8 Å². The van der Waals surface area contributed by atoms with Gasteiger partial charge in [0.05, 0.1) is 6.54 Å². The third-order valence-corrected chi connectivity index (χ3v) is 4.13. The fourth-order valence-corrected chi connectivity index (χ4v) is 2.52. The molecule has 1 amide bonds. The van der Waals surface area contributed by atoms with Crippen LogP contribution in [0, 0.1) is 5.82 Å². The van der Waals surface area contributed by atoms with E-state index in [1.165, 1.54) is 29.2 Å². The molecule has 31 heavy (non-hydrogen) atoms. The molecule has 1 atom stereocenters. The first-order chi connectivity index (χ1) is 14.4. The second-order valence-corrected chi connectivity index (χ2v) is 6.89. The Morgan fingerprint density at radius 3 is 2.35 bits per heavy atom. The van der Waals surface area contributed by atoms with Crippen LogP contribution in [0.25, 0.3) is 0 Å². The number of rotatable bonds is 9. The van der Waals surface area contributed by atoms with Crippen molar-refractivity contribution in [2.24, 2.45) is 4.99 Å². The molecule has 0 heterocycles. The maximum Gasteiger partial charge on any atom is 0.253 e. The zero-order valence-corrected chi connectivity index (χ0v) is 20.3. The van der Waals surface area contributed by atoms with Crippen molar-refractivity contribution in [3.63, 3.8) is 0 Å². The maximum atomic E-state index is 12.9. The number of carbonyl (C=O) groups excluding carboxylic acids is 1. The predicted octanol–water partition coefficient (Wildman–Crippen LogP) is 2.64. The minimum atomic E-state index is -0.768. The van der Waals surface area contributed by atoms with E-state index in [0.717, 1.165) is 5.56 Å². The molecule has 2 aromatic rings. The Labute approximate surface area is 199 Å². The van der Waals surface area contributed by atoms with Crippen molar-refractivity contribution in [2.45, 2.75) is 19.6 Å². The van der Waals surface area contributed by atoms with Crippen molar-refractivity contribution in [1.82, 2.24) is 15.5 Å². The second kappa shape index (κ2) is 13.8. The van der Waals surface area contributed by atoms with Crippen LogP contribution >= 0.6 is 24.0 Å². The lowest BCUT2D eigenvalue weighted by Gasteiger charge is -2.16. The first-order valence-electron chi connectivity index (χ1n) is 9.78. The number of ether oxygens (including phenoxy) is 1. The first-order valence-corrected chi connectivity index (χ1v) is 9.78. The number of amides is 1. The summed E-state index contributed by atoms with van der Waals surface area (Å²) in [5.74, 6) is 0.672. The number of carbonyl (C=O) groups is 1. The van der Waals surface area contributed by atoms with Crippen molar-refractivity contribution >= 4 is 35.8 Å². The number of halogens is 2. The quantitative estimate of drug-likeness (QED) is 0.257. The van der Waals surface area contributed by atoms with Gasteiger partial charge >= 0.3 is 0 Å². The Kier molecular flexibility index (Phi) is 11.9. The van der Waals surface area contributed by atoms with Crippen LogP contribution in [0.3, 0.4) is 0 Å². The minimum Gasteiger partial charge on any atom is -0.491 e. The van der Waals surface area contributed by atoms with E-state index in [1.807, 2.05) is 19.1 Å². The largest absolute Gasteiger partial charge is 0.491 e. The smallest absolute Gasteiger partial charge is 0.253 e. The van der Waals surface area contributed by atoms with E-state index in [9.17, 15) is 14.3 Å². The summed E-state index contributed by atoms with van der Waals surface area (Å²) in [6.45, 7) is 3.36. The Hall–Kier alpha value is -2.40. The van der Waals surface area contributed by atoms with Gasteiger partial charge in [0.2, 0.25) is 0 Å². The monoisotopic (exact) mass is 544 g/mol. The molecule has 0 saturated heterocycles. The molecule has 2 aromatic carbocycles. The summed E-state index contributed by atoms with van der Waals surface area (Å²) < 4.78 is 18.3. The molecule has 0 aliphatic heterocycles. The Morgan fingerprint density at radius 2 is 1.77 bits per heavy atom. The molecule has 0 aliphatic carbocycles. The Bertz CT molecular complexity index is 830. The van der Waals surface area contributed by atoms with Gasteiger partial charge in [-0.15, -0.1) is 24.0 Å². The van der Waals surface area contributed by atoms with Crippen molar-refractivity contribution in [3.8, 4) is 5.75 Å². The van der Waals surface area contributed by atoms with E-state index in [4.69, 9.17) is 4.74 Å². The number of guanidine groups is 1. The van der Waals surface area contributed by atoms with Crippen molar-refractivity contribution in [3.05, 3.63) is 65.5 Å². The molecule has 0 fully saturated rings. The van der Waals surface area contributed by atoms with Gasteiger partial charge in [-0.05, 0) is 48.9 Å². The molecule has 3 N–H and O–H groups in total. The van der Waals surface area contributed by atoms with Crippen LogP contribution in [0.2, 0.25) is 0 Å². The fourth-order valence-electron chi connectivity index (χ4n) is 2.52. The molecule has 170 valence electrons. The van der Waals surface area contributed by atoms with Crippen LogP contribution in [0.5, 0.6) is 5.75 Å². The number of nitrogens with zero attached hydrogens (tertiary/aromatic N) is 2. The topological polar surface area (TPSA) is 86.2 Å². The van der Waals surface area contributed by atoms with E-state index < -0.39 is 6.10 Å². The normalized spacial score (nSPS) is 11.8. The predicted molar refractivity (Wildman–Crippen MR) is 131 cm³/mol. The summed E-state index contributed by atoms with van der Waals surface area (Å²) >= 11 is 0. The summed E-state index contributed by atoms with van der Waals surface area (Å²) in [6.07, 6.45) is -0.768. The molecule has 7 nitrogen and oxygen atoms in total. The molecule has 0 radical (unpaired) electrons. The Morgan fingerprint density at radius 1 is 1.13 bits per heavy atom. The highest BCUT2D eigenvalue weighted by atomic mass is 127. The van der Waals surface area contributed by atoms with E-state index in [2.05, 4.69) is 15.6 Å². The highest BCUT2D eigenvalue weighted by Crippen LogP contribution is 2.11. The Balaban J connectivity index is 0.00000480. The number of aliphatic hydroxyl groups is 1. The molecule has 2 rings (SSSR count).